The van der Waals surface area contributed by atoms with E-state index in [1.54, 1.807) is 31.4 Å². The summed E-state index contributed by atoms with van der Waals surface area (Å²) < 4.78 is 11.5. The Kier molecular flexibility index (Phi) is 6.19. The highest BCUT2D eigenvalue weighted by atomic mass is 16.5. The molecule has 0 atom stereocenters. The number of ether oxygens (including phenoxy) is 2. The van der Waals surface area contributed by atoms with Crippen molar-refractivity contribution >= 4 is 34.5 Å². The molecule has 0 saturated carbocycles. The van der Waals surface area contributed by atoms with Crippen LogP contribution in [0.4, 0.5) is 10.5 Å². The number of aromatic amines is 1. The Bertz CT molecular complexity index is 1320. The molecule has 3 aromatic rings. The number of H-pyrrole nitrogens is 1. The fourth-order valence-electron chi connectivity index (χ4n) is 4.51. The number of likely N-dealkylation sites (N-methyl/N-ethyl adjacent to an activating group) is 1. The molecule has 0 aliphatic carbocycles. The van der Waals surface area contributed by atoms with Crippen molar-refractivity contribution in [1.82, 2.24) is 20.1 Å². The van der Waals surface area contributed by atoms with Gasteiger partial charge in [0.25, 0.3) is 0 Å². The van der Waals surface area contributed by atoms with Crippen LogP contribution in [0.3, 0.4) is 0 Å². The summed E-state index contributed by atoms with van der Waals surface area (Å²) >= 11 is 0. The number of allylic oxidation sites excluding steroid dienone is 1. The summed E-state index contributed by atoms with van der Waals surface area (Å²) in [5, 5.41) is 6.14. The van der Waals surface area contributed by atoms with Crippen LogP contribution in [0, 0.1) is 0 Å². The van der Waals surface area contributed by atoms with Gasteiger partial charge in [-0.2, -0.15) is 0 Å². The van der Waals surface area contributed by atoms with Gasteiger partial charge in [0.15, 0.2) is 5.76 Å². The molecule has 1 saturated heterocycles. The summed E-state index contributed by atoms with van der Waals surface area (Å²) in [6.45, 7) is 4.96. The molecule has 5 rings (SSSR count). The van der Waals surface area contributed by atoms with Crippen molar-refractivity contribution in [1.29, 1.82) is 0 Å². The second kappa shape index (κ2) is 9.44. The average Bonchev–Trinajstić information content (AvgIpc) is 3.41. The second-order valence-corrected chi connectivity index (χ2v) is 8.89. The Morgan fingerprint density at radius 1 is 1.20 bits per heavy atom. The monoisotopic (exact) mass is 475 g/mol. The van der Waals surface area contributed by atoms with Gasteiger partial charge in [-0.15, -0.1) is 0 Å². The molecule has 9 nitrogen and oxygen atoms in total. The number of methoxy groups -OCH3 is 1. The SMILES string of the molecule is CNC(=O)Nc1ccc2c(c1)C(=O)/C(=C/c1c[nH]c3c(CN4CCN(C)CC4)cc(OC)cc13)O2. The van der Waals surface area contributed by atoms with Gasteiger partial charge in [0.1, 0.15) is 11.5 Å². The predicted octanol–water partition coefficient (Wildman–Crippen LogP) is 3.29. The molecule has 1 fully saturated rings. The lowest BCUT2D eigenvalue weighted by molar-refractivity contribution is 0.101. The fraction of sp³-hybridized carbons (Fsp3) is 0.308. The lowest BCUT2D eigenvalue weighted by atomic mass is 10.1. The molecule has 0 spiro atoms. The number of benzene rings is 2. The summed E-state index contributed by atoms with van der Waals surface area (Å²) in [6, 6.07) is 8.70. The number of carbonyl (C=O) groups excluding carboxylic acids is 2. The minimum absolute atomic E-state index is 0.226. The van der Waals surface area contributed by atoms with Crippen LogP contribution in [0.25, 0.3) is 17.0 Å². The number of ketones is 1. The van der Waals surface area contributed by atoms with Gasteiger partial charge in [0.05, 0.1) is 18.2 Å². The number of nitrogens with one attached hydrogen (secondary N) is 3. The Morgan fingerprint density at radius 2 is 2.00 bits per heavy atom. The number of anilines is 1. The van der Waals surface area contributed by atoms with E-state index in [2.05, 4.69) is 38.5 Å². The Morgan fingerprint density at radius 3 is 2.74 bits per heavy atom. The zero-order valence-corrected chi connectivity index (χ0v) is 20.1. The highest BCUT2D eigenvalue weighted by molar-refractivity contribution is 6.15. The number of hydrogen-bond donors (Lipinski definition) is 3. The van der Waals surface area contributed by atoms with Crippen molar-refractivity contribution in [3.8, 4) is 11.5 Å². The fourth-order valence-corrected chi connectivity index (χ4v) is 4.51. The van der Waals surface area contributed by atoms with E-state index in [1.165, 1.54) is 7.05 Å². The lowest BCUT2D eigenvalue weighted by Crippen LogP contribution is -2.43. The molecule has 0 radical (unpaired) electrons. The number of Topliss-reactive ketones (excluding diaryl/α,β-unsaturated/α-hetero) is 1. The molecule has 35 heavy (non-hydrogen) atoms. The smallest absolute Gasteiger partial charge is 0.318 e. The summed E-state index contributed by atoms with van der Waals surface area (Å²) in [6.07, 6.45) is 3.65. The van der Waals surface area contributed by atoms with E-state index in [9.17, 15) is 9.59 Å². The molecule has 2 aromatic carbocycles. The maximum atomic E-state index is 13.1. The van der Waals surface area contributed by atoms with E-state index >= 15 is 0 Å². The molecule has 0 bridgehead atoms. The summed E-state index contributed by atoms with van der Waals surface area (Å²) in [5.74, 6) is 1.25. The number of piperazine rings is 1. The zero-order chi connectivity index (χ0) is 24.5. The van der Waals surface area contributed by atoms with Crippen molar-refractivity contribution < 1.29 is 19.1 Å². The number of carbonyl (C=O) groups is 2. The largest absolute Gasteiger partial charge is 0.497 e. The first-order valence-corrected chi connectivity index (χ1v) is 11.6. The third kappa shape index (κ3) is 4.60. The molecule has 2 aliphatic rings. The van der Waals surface area contributed by atoms with Crippen LogP contribution in [-0.2, 0) is 6.54 Å². The van der Waals surface area contributed by atoms with E-state index < -0.39 is 0 Å². The van der Waals surface area contributed by atoms with Crippen molar-refractivity contribution in [3.05, 3.63) is 59.0 Å². The van der Waals surface area contributed by atoms with Crippen molar-refractivity contribution in [2.45, 2.75) is 6.54 Å². The first kappa shape index (κ1) is 22.9. The minimum Gasteiger partial charge on any atom is -0.497 e. The highest BCUT2D eigenvalue weighted by Gasteiger charge is 2.28. The van der Waals surface area contributed by atoms with E-state index in [0.29, 0.717) is 17.0 Å². The molecule has 3 heterocycles. The van der Waals surface area contributed by atoms with Gasteiger partial charge in [-0.3, -0.25) is 9.69 Å². The first-order valence-electron chi connectivity index (χ1n) is 11.6. The number of nitrogens with zero attached hydrogens (tertiary/aromatic N) is 2. The van der Waals surface area contributed by atoms with Crippen LogP contribution in [0.5, 0.6) is 11.5 Å². The van der Waals surface area contributed by atoms with Gasteiger partial charge >= 0.3 is 6.03 Å². The topological polar surface area (TPSA) is 98.9 Å². The lowest BCUT2D eigenvalue weighted by Gasteiger charge is -2.32. The van der Waals surface area contributed by atoms with E-state index in [-0.39, 0.29) is 17.6 Å². The van der Waals surface area contributed by atoms with Gasteiger partial charge in [0, 0.05) is 62.6 Å². The number of hydrogen-bond acceptors (Lipinski definition) is 6. The van der Waals surface area contributed by atoms with E-state index in [4.69, 9.17) is 9.47 Å². The highest BCUT2D eigenvalue weighted by Crippen LogP contribution is 2.36. The van der Waals surface area contributed by atoms with E-state index in [1.807, 2.05) is 12.3 Å². The van der Waals surface area contributed by atoms with Crippen molar-refractivity contribution in [2.75, 3.05) is 52.7 Å². The van der Waals surface area contributed by atoms with Gasteiger partial charge < -0.3 is 30.0 Å². The average molecular weight is 476 g/mol. The molecule has 2 aliphatic heterocycles. The summed E-state index contributed by atoms with van der Waals surface area (Å²) in [4.78, 5) is 32.9. The summed E-state index contributed by atoms with van der Waals surface area (Å²) in [5.41, 5.74) is 3.96. The van der Waals surface area contributed by atoms with Gasteiger partial charge in [-0.1, -0.05) is 0 Å². The number of amides is 2. The number of aromatic nitrogens is 1. The van der Waals surface area contributed by atoms with Crippen LogP contribution in [0.15, 0.2) is 42.3 Å². The molecular formula is C26H29N5O4. The van der Waals surface area contributed by atoms with E-state index in [0.717, 1.165) is 60.5 Å². The first-order chi connectivity index (χ1) is 16.9. The second-order valence-electron chi connectivity index (χ2n) is 8.89. The minimum atomic E-state index is -0.354. The standard InChI is InChI=1S/C26H29N5O4/c1-27-26(33)29-18-4-5-22-21(12-18)25(32)23(35-22)11-16-14-28-24-17(10-19(34-3)13-20(16)24)15-31-8-6-30(2)7-9-31/h4-5,10-14,28H,6-9,15H2,1-3H3,(H2,27,29,33)/b23-11-. The number of rotatable bonds is 5. The van der Waals surface area contributed by atoms with Crippen LogP contribution in [0.1, 0.15) is 21.5 Å². The van der Waals surface area contributed by atoms with Crippen molar-refractivity contribution in [3.63, 3.8) is 0 Å². The van der Waals surface area contributed by atoms with Crippen LogP contribution >= 0.6 is 0 Å². The molecule has 1 aromatic heterocycles. The Labute approximate surface area is 203 Å². The predicted molar refractivity (Wildman–Crippen MR) is 135 cm³/mol. The Hall–Kier alpha value is -3.82. The molecule has 9 heteroatoms. The molecule has 0 unspecified atom stereocenters. The normalized spacial score (nSPS) is 17.5. The summed E-state index contributed by atoms with van der Waals surface area (Å²) in [7, 11) is 5.34. The molecular weight excluding hydrogens is 446 g/mol. The van der Waals surface area contributed by atoms with Gasteiger partial charge in [-0.05, 0) is 49.0 Å². The molecule has 2 amide bonds. The maximum Gasteiger partial charge on any atom is 0.318 e. The van der Waals surface area contributed by atoms with Crippen molar-refractivity contribution in [2.24, 2.45) is 0 Å². The zero-order valence-electron chi connectivity index (χ0n) is 20.1. The Balaban J connectivity index is 1.44. The molecule has 182 valence electrons. The van der Waals surface area contributed by atoms with Gasteiger partial charge in [-0.25, -0.2) is 4.79 Å². The number of urea groups is 1. The molecule has 3 N–H and O–H groups in total. The van der Waals surface area contributed by atoms with Gasteiger partial charge in [0.2, 0.25) is 5.78 Å². The van der Waals surface area contributed by atoms with Crippen LogP contribution in [0.2, 0.25) is 0 Å². The quantitative estimate of drug-likeness (QED) is 0.490. The van der Waals surface area contributed by atoms with Crippen LogP contribution in [-0.4, -0.2) is 74.0 Å². The maximum absolute atomic E-state index is 13.1. The third-order valence-electron chi connectivity index (χ3n) is 6.54. The number of fused-ring (bicyclic) bond motifs is 2. The third-order valence-corrected chi connectivity index (χ3v) is 6.54. The van der Waals surface area contributed by atoms with Crippen LogP contribution < -0.4 is 20.1 Å².